The number of Topliss-reactive ketones (excluding diaryl/α,β-unsaturated/α-hetero) is 1. The Morgan fingerprint density at radius 3 is 2.07 bits per heavy atom. The molecule has 2 saturated heterocycles. The average Bonchev–Trinajstić information content (AvgIpc) is 2.79. The summed E-state index contributed by atoms with van der Waals surface area (Å²) in [6, 6.07) is 18.1. The van der Waals surface area contributed by atoms with Gasteiger partial charge in [-0.2, -0.15) is 0 Å². The van der Waals surface area contributed by atoms with E-state index < -0.39 is 0 Å². The highest BCUT2D eigenvalue weighted by atomic mass is 16.5. The van der Waals surface area contributed by atoms with Crippen LogP contribution < -0.4 is 0 Å². The van der Waals surface area contributed by atoms with Crippen LogP contribution in [0.2, 0.25) is 0 Å². The van der Waals surface area contributed by atoms with Crippen molar-refractivity contribution in [3.05, 3.63) is 71.3 Å². The van der Waals surface area contributed by atoms with Crippen molar-refractivity contribution < 1.29 is 14.3 Å². The molecule has 2 fully saturated rings. The molecule has 0 amide bonds. The zero-order chi connectivity index (χ0) is 20.1. The molecule has 2 aliphatic rings. The molecule has 2 atom stereocenters. The van der Waals surface area contributed by atoms with Crippen LogP contribution in [0.15, 0.2) is 54.6 Å². The van der Waals surface area contributed by atoms with Crippen LogP contribution in [-0.4, -0.2) is 74.2 Å². The van der Waals surface area contributed by atoms with Gasteiger partial charge in [0.2, 0.25) is 0 Å². The standard InChI is InChI=1S/C24H30N2O3/c1-19-6-5-9-21(18-19)22(25-10-14-28-15-11-25)23(26-12-16-29-17-13-26)24(27)20-7-3-2-4-8-20/h2-9,18,22-23H,10-17H2,1H3/t22-,23+/m1/s1. The lowest BCUT2D eigenvalue weighted by molar-refractivity contribution is -0.0301. The molecule has 0 aliphatic carbocycles. The lowest BCUT2D eigenvalue weighted by atomic mass is 9.89. The van der Waals surface area contributed by atoms with Gasteiger partial charge in [-0.3, -0.25) is 14.6 Å². The first-order chi connectivity index (χ1) is 14.2. The van der Waals surface area contributed by atoms with Gasteiger partial charge in [-0.15, -0.1) is 0 Å². The van der Waals surface area contributed by atoms with Crippen molar-refractivity contribution >= 4 is 5.78 Å². The second kappa shape index (κ2) is 9.63. The molecular weight excluding hydrogens is 364 g/mol. The van der Waals surface area contributed by atoms with E-state index in [-0.39, 0.29) is 17.9 Å². The first-order valence-electron chi connectivity index (χ1n) is 10.5. The van der Waals surface area contributed by atoms with Crippen molar-refractivity contribution in [1.82, 2.24) is 9.80 Å². The topological polar surface area (TPSA) is 42.0 Å². The summed E-state index contributed by atoms with van der Waals surface area (Å²) < 4.78 is 11.2. The number of ketones is 1. The molecule has 2 heterocycles. The molecule has 0 spiro atoms. The summed E-state index contributed by atoms with van der Waals surface area (Å²) in [5.74, 6) is 0.186. The molecule has 5 heteroatoms. The highest BCUT2D eigenvalue weighted by molar-refractivity contribution is 6.00. The lowest BCUT2D eigenvalue weighted by Gasteiger charge is -2.44. The third-order valence-corrected chi connectivity index (χ3v) is 5.89. The molecule has 0 radical (unpaired) electrons. The fourth-order valence-corrected chi connectivity index (χ4v) is 4.44. The summed E-state index contributed by atoms with van der Waals surface area (Å²) in [5.41, 5.74) is 3.19. The molecule has 2 aromatic carbocycles. The predicted octanol–water partition coefficient (Wildman–Crippen LogP) is 2.95. The zero-order valence-electron chi connectivity index (χ0n) is 17.1. The fourth-order valence-electron chi connectivity index (χ4n) is 4.44. The fraction of sp³-hybridized carbons (Fsp3) is 0.458. The smallest absolute Gasteiger partial charge is 0.181 e. The molecule has 0 saturated carbocycles. The van der Waals surface area contributed by atoms with Gasteiger partial charge in [0.25, 0.3) is 0 Å². The van der Waals surface area contributed by atoms with Gasteiger partial charge in [-0.25, -0.2) is 0 Å². The number of rotatable bonds is 6. The normalized spacial score (nSPS) is 20.9. The van der Waals surface area contributed by atoms with Gasteiger partial charge in [0.05, 0.1) is 38.5 Å². The molecule has 29 heavy (non-hydrogen) atoms. The Labute approximate surface area is 173 Å². The van der Waals surface area contributed by atoms with Crippen molar-refractivity contribution in [2.75, 3.05) is 52.6 Å². The zero-order valence-corrected chi connectivity index (χ0v) is 17.1. The predicted molar refractivity (Wildman–Crippen MR) is 113 cm³/mol. The van der Waals surface area contributed by atoms with Gasteiger partial charge in [0.15, 0.2) is 5.78 Å². The SMILES string of the molecule is Cc1cccc([C@H]([C@@H](C(=O)c2ccccc2)N2CCOCC2)N2CCOCC2)c1. The molecule has 0 bridgehead atoms. The van der Waals surface area contributed by atoms with E-state index in [1.807, 2.05) is 30.3 Å². The number of carbonyl (C=O) groups is 1. The van der Waals surface area contributed by atoms with Crippen molar-refractivity contribution in [1.29, 1.82) is 0 Å². The van der Waals surface area contributed by atoms with Crippen LogP contribution in [0.1, 0.15) is 27.5 Å². The summed E-state index contributed by atoms with van der Waals surface area (Å²) in [5, 5.41) is 0. The molecule has 2 aromatic rings. The van der Waals surface area contributed by atoms with Crippen LogP contribution in [0.25, 0.3) is 0 Å². The van der Waals surface area contributed by atoms with Crippen molar-refractivity contribution in [2.45, 2.75) is 19.0 Å². The van der Waals surface area contributed by atoms with E-state index in [1.165, 1.54) is 11.1 Å². The van der Waals surface area contributed by atoms with E-state index in [2.05, 4.69) is 41.0 Å². The summed E-state index contributed by atoms with van der Waals surface area (Å²) in [7, 11) is 0. The lowest BCUT2D eigenvalue weighted by Crippen LogP contribution is -2.55. The molecule has 0 unspecified atom stereocenters. The van der Waals surface area contributed by atoms with Crippen molar-refractivity contribution in [3.63, 3.8) is 0 Å². The maximum atomic E-state index is 13.8. The third kappa shape index (κ3) is 4.75. The summed E-state index contributed by atoms with van der Waals surface area (Å²) >= 11 is 0. The Balaban J connectivity index is 1.77. The maximum absolute atomic E-state index is 13.8. The van der Waals surface area contributed by atoms with Gasteiger partial charge in [0.1, 0.15) is 0 Å². The molecular formula is C24H30N2O3. The third-order valence-electron chi connectivity index (χ3n) is 5.89. The van der Waals surface area contributed by atoms with Crippen LogP contribution in [-0.2, 0) is 9.47 Å². The van der Waals surface area contributed by atoms with Crippen molar-refractivity contribution in [3.8, 4) is 0 Å². The summed E-state index contributed by atoms with van der Waals surface area (Å²) in [6.45, 7) is 8.08. The van der Waals surface area contributed by atoms with Gasteiger partial charge in [-0.05, 0) is 12.5 Å². The first kappa shape index (κ1) is 20.2. The van der Waals surface area contributed by atoms with Crippen molar-refractivity contribution in [2.24, 2.45) is 0 Å². The summed E-state index contributed by atoms with van der Waals surface area (Å²) in [4.78, 5) is 18.6. The Kier molecular flexibility index (Phi) is 6.72. The highest BCUT2D eigenvalue weighted by Gasteiger charge is 2.39. The van der Waals surface area contributed by atoms with Gasteiger partial charge >= 0.3 is 0 Å². The van der Waals surface area contributed by atoms with Crippen LogP contribution >= 0.6 is 0 Å². The quantitative estimate of drug-likeness (QED) is 0.705. The van der Waals surface area contributed by atoms with Crippen LogP contribution in [0, 0.1) is 6.92 Å². The number of hydrogen-bond donors (Lipinski definition) is 0. The second-order valence-electron chi connectivity index (χ2n) is 7.83. The molecule has 0 N–H and O–H groups in total. The van der Waals surface area contributed by atoms with Gasteiger partial charge in [0, 0.05) is 31.7 Å². The number of morpholine rings is 2. The van der Waals surface area contributed by atoms with E-state index >= 15 is 0 Å². The molecule has 2 aliphatic heterocycles. The van der Waals surface area contributed by atoms with E-state index in [1.54, 1.807) is 0 Å². The number of nitrogens with zero attached hydrogens (tertiary/aromatic N) is 2. The molecule has 4 rings (SSSR count). The van der Waals surface area contributed by atoms with Crippen LogP contribution in [0.5, 0.6) is 0 Å². The first-order valence-corrected chi connectivity index (χ1v) is 10.5. The average molecular weight is 395 g/mol. The second-order valence-corrected chi connectivity index (χ2v) is 7.83. The molecule has 154 valence electrons. The minimum absolute atomic E-state index is 0.00962. The summed E-state index contributed by atoms with van der Waals surface area (Å²) in [6.07, 6.45) is 0. The Morgan fingerprint density at radius 1 is 0.828 bits per heavy atom. The molecule has 0 aromatic heterocycles. The number of ether oxygens (including phenoxy) is 2. The number of hydrogen-bond acceptors (Lipinski definition) is 5. The largest absolute Gasteiger partial charge is 0.379 e. The molecule has 5 nitrogen and oxygen atoms in total. The number of aryl methyl sites for hydroxylation is 1. The minimum Gasteiger partial charge on any atom is -0.379 e. The number of carbonyl (C=O) groups excluding carboxylic acids is 1. The van der Waals surface area contributed by atoms with E-state index in [0.29, 0.717) is 26.4 Å². The van der Waals surface area contributed by atoms with Crippen LogP contribution in [0.4, 0.5) is 0 Å². The van der Waals surface area contributed by atoms with Crippen LogP contribution in [0.3, 0.4) is 0 Å². The maximum Gasteiger partial charge on any atom is 0.181 e. The van der Waals surface area contributed by atoms with E-state index in [9.17, 15) is 4.79 Å². The Hall–Kier alpha value is -2.05. The highest BCUT2D eigenvalue weighted by Crippen LogP contribution is 2.32. The van der Waals surface area contributed by atoms with Gasteiger partial charge < -0.3 is 9.47 Å². The van der Waals surface area contributed by atoms with E-state index in [4.69, 9.17) is 9.47 Å². The monoisotopic (exact) mass is 394 g/mol. The minimum atomic E-state index is -0.249. The Morgan fingerprint density at radius 2 is 1.45 bits per heavy atom. The Bertz CT molecular complexity index is 799. The number of benzene rings is 2. The van der Waals surface area contributed by atoms with Gasteiger partial charge in [-0.1, -0.05) is 60.2 Å². The van der Waals surface area contributed by atoms with E-state index in [0.717, 1.165) is 31.7 Å².